The topological polar surface area (TPSA) is 103 Å². The molecule has 0 saturated heterocycles. The van der Waals surface area contributed by atoms with Crippen LogP contribution >= 0.6 is 0 Å². The van der Waals surface area contributed by atoms with E-state index < -0.39 is 5.91 Å². The molecule has 0 saturated carbocycles. The van der Waals surface area contributed by atoms with Gasteiger partial charge in [-0.05, 0) is 56.2 Å². The quantitative estimate of drug-likeness (QED) is 0.705. The summed E-state index contributed by atoms with van der Waals surface area (Å²) in [7, 11) is 0. The number of nitrogen functional groups attached to an aromatic ring is 1. The van der Waals surface area contributed by atoms with E-state index in [2.05, 4.69) is 15.6 Å². The van der Waals surface area contributed by atoms with E-state index in [0.29, 0.717) is 11.3 Å². The number of aromatic nitrogens is 3. The van der Waals surface area contributed by atoms with Crippen molar-refractivity contribution < 1.29 is 9.59 Å². The second kappa shape index (κ2) is 6.79. The molecule has 0 aliphatic rings. The minimum Gasteiger partial charge on any atom is -0.382 e. The third-order valence-electron chi connectivity index (χ3n) is 3.90. The summed E-state index contributed by atoms with van der Waals surface area (Å²) in [4.78, 5) is 24.0. The van der Waals surface area contributed by atoms with Gasteiger partial charge in [-0.1, -0.05) is 23.4 Å². The van der Waals surface area contributed by atoms with Gasteiger partial charge in [0, 0.05) is 11.3 Å². The monoisotopic (exact) mass is 349 g/mol. The van der Waals surface area contributed by atoms with Gasteiger partial charge in [0.2, 0.25) is 0 Å². The lowest BCUT2D eigenvalue weighted by atomic mass is 10.1. The number of anilines is 2. The van der Waals surface area contributed by atoms with Gasteiger partial charge in [-0.3, -0.25) is 9.59 Å². The van der Waals surface area contributed by atoms with Gasteiger partial charge in [-0.15, -0.1) is 5.10 Å². The molecule has 26 heavy (non-hydrogen) atoms. The Kier molecular flexibility index (Phi) is 4.53. The number of aryl methyl sites for hydroxylation is 2. The zero-order valence-electron chi connectivity index (χ0n) is 14.8. The Labute approximate surface area is 150 Å². The molecule has 3 aromatic rings. The normalized spacial score (nSPS) is 10.6. The molecular weight excluding hydrogens is 330 g/mol. The molecular formula is C19H19N5O2. The van der Waals surface area contributed by atoms with Crippen molar-refractivity contribution in [2.45, 2.75) is 20.8 Å². The molecule has 7 nitrogen and oxygen atoms in total. The summed E-state index contributed by atoms with van der Waals surface area (Å²) in [5.74, 6) is -0.421. The fourth-order valence-corrected chi connectivity index (χ4v) is 2.72. The summed E-state index contributed by atoms with van der Waals surface area (Å²) in [6, 6.07) is 12.5. The first kappa shape index (κ1) is 17.3. The number of ketones is 1. The Morgan fingerprint density at radius 1 is 1.08 bits per heavy atom. The van der Waals surface area contributed by atoms with Crippen molar-refractivity contribution in [2.24, 2.45) is 0 Å². The lowest BCUT2D eigenvalue weighted by Crippen LogP contribution is -2.15. The van der Waals surface area contributed by atoms with Crippen LogP contribution in [0.15, 0.2) is 42.5 Å². The molecule has 0 spiro atoms. The molecule has 0 unspecified atom stereocenters. The number of rotatable bonds is 4. The van der Waals surface area contributed by atoms with Crippen molar-refractivity contribution in [3.63, 3.8) is 0 Å². The van der Waals surface area contributed by atoms with E-state index >= 15 is 0 Å². The van der Waals surface area contributed by atoms with Crippen LogP contribution < -0.4 is 11.1 Å². The smallest absolute Gasteiger partial charge is 0.280 e. The van der Waals surface area contributed by atoms with Gasteiger partial charge in [0.25, 0.3) is 5.91 Å². The average molecular weight is 349 g/mol. The van der Waals surface area contributed by atoms with Gasteiger partial charge in [-0.25, -0.2) is 0 Å². The lowest BCUT2D eigenvalue weighted by molar-refractivity contribution is 0.100. The van der Waals surface area contributed by atoms with Gasteiger partial charge in [0.15, 0.2) is 17.3 Å². The molecule has 7 heteroatoms. The number of carbonyl (C=O) groups is 2. The van der Waals surface area contributed by atoms with Crippen molar-refractivity contribution >= 4 is 23.2 Å². The zero-order chi connectivity index (χ0) is 18.8. The van der Waals surface area contributed by atoms with E-state index in [0.717, 1.165) is 16.8 Å². The Morgan fingerprint density at radius 2 is 1.77 bits per heavy atom. The molecule has 1 amide bonds. The summed E-state index contributed by atoms with van der Waals surface area (Å²) < 4.78 is 1.43. The molecule has 3 rings (SSSR count). The van der Waals surface area contributed by atoms with Crippen LogP contribution in [0, 0.1) is 13.8 Å². The summed E-state index contributed by atoms with van der Waals surface area (Å²) in [6.45, 7) is 5.41. The molecule has 1 aromatic heterocycles. The van der Waals surface area contributed by atoms with Crippen LogP contribution in [-0.2, 0) is 0 Å². The number of hydrogen-bond donors (Lipinski definition) is 2. The predicted molar refractivity (Wildman–Crippen MR) is 99.6 cm³/mol. The van der Waals surface area contributed by atoms with Gasteiger partial charge in [0.05, 0.1) is 5.69 Å². The van der Waals surface area contributed by atoms with Crippen molar-refractivity contribution in [3.8, 4) is 5.69 Å². The number of Topliss-reactive ketones (excluding diaryl/α,β-unsaturated/α-hetero) is 1. The first-order valence-corrected chi connectivity index (χ1v) is 8.07. The second-order valence-electron chi connectivity index (χ2n) is 6.17. The molecule has 0 aliphatic heterocycles. The van der Waals surface area contributed by atoms with E-state index in [-0.39, 0.29) is 17.3 Å². The number of benzene rings is 2. The zero-order valence-corrected chi connectivity index (χ0v) is 14.8. The highest BCUT2D eigenvalue weighted by atomic mass is 16.2. The predicted octanol–water partition coefficient (Wildman–Crippen LogP) is 2.92. The van der Waals surface area contributed by atoms with Crippen LogP contribution in [0.5, 0.6) is 0 Å². The molecule has 1 heterocycles. The van der Waals surface area contributed by atoms with Gasteiger partial charge >= 0.3 is 0 Å². The molecule has 3 N–H and O–H groups in total. The average Bonchev–Trinajstić information content (AvgIpc) is 2.96. The third-order valence-corrected chi connectivity index (χ3v) is 3.90. The molecule has 2 aromatic carbocycles. The largest absolute Gasteiger partial charge is 0.382 e. The maximum Gasteiger partial charge on any atom is 0.280 e. The highest BCUT2D eigenvalue weighted by molar-refractivity contribution is 6.06. The maximum atomic E-state index is 12.5. The van der Waals surface area contributed by atoms with E-state index in [1.807, 2.05) is 32.0 Å². The maximum absolute atomic E-state index is 12.5. The number of nitrogens with two attached hydrogens (primary N) is 1. The highest BCUT2D eigenvalue weighted by Crippen LogP contribution is 2.19. The molecule has 0 fully saturated rings. The first-order valence-electron chi connectivity index (χ1n) is 8.07. The van der Waals surface area contributed by atoms with Crippen LogP contribution in [0.4, 0.5) is 11.5 Å². The van der Waals surface area contributed by atoms with Gasteiger partial charge < -0.3 is 11.1 Å². The van der Waals surface area contributed by atoms with Gasteiger partial charge in [0.1, 0.15) is 0 Å². The van der Waals surface area contributed by atoms with Crippen LogP contribution in [0.25, 0.3) is 5.69 Å². The van der Waals surface area contributed by atoms with Crippen LogP contribution in [-0.4, -0.2) is 26.7 Å². The van der Waals surface area contributed by atoms with E-state index in [9.17, 15) is 9.59 Å². The summed E-state index contributed by atoms with van der Waals surface area (Å²) in [5.41, 5.74) is 9.97. The van der Waals surface area contributed by atoms with Crippen molar-refractivity contribution in [1.29, 1.82) is 0 Å². The number of amides is 1. The number of nitrogens with one attached hydrogen (secondary N) is 1. The number of carbonyl (C=O) groups excluding carboxylic acids is 2. The summed E-state index contributed by atoms with van der Waals surface area (Å²) in [6.07, 6.45) is 0. The van der Waals surface area contributed by atoms with Crippen LogP contribution in [0.2, 0.25) is 0 Å². The molecule has 0 radical (unpaired) electrons. The second-order valence-corrected chi connectivity index (χ2v) is 6.17. The van der Waals surface area contributed by atoms with Gasteiger partial charge in [-0.2, -0.15) is 4.68 Å². The SMILES string of the molecule is CC(=O)c1cccc(NC(=O)c2nnn(-c3cc(C)cc(C)c3)c2N)c1. The minimum atomic E-state index is -0.487. The Hall–Kier alpha value is -3.48. The highest BCUT2D eigenvalue weighted by Gasteiger charge is 2.19. The third kappa shape index (κ3) is 3.46. The molecule has 0 aliphatic carbocycles. The fourth-order valence-electron chi connectivity index (χ4n) is 2.72. The number of nitrogens with zero attached hydrogens (tertiary/aromatic N) is 3. The first-order chi connectivity index (χ1) is 12.3. The number of hydrogen-bond acceptors (Lipinski definition) is 5. The Morgan fingerprint density at radius 3 is 2.42 bits per heavy atom. The van der Waals surface area contributed by atoms with Crippen LogP contribution in [0.3, 0.4) is 0 Å². The fraction of sp³-hybridized carbons (Fsp3) is 0.158. The Bertz CT molecular complexity index is 987. The van der Waals surface area contributed by atoms with E-state index in [4.69, 9.17) is 5.73 Å². The molecule has 0 bridgehead atoms. The lowest BCUT2D eigenvalue weighted by Gasteiger charge is -2.07. The van der Waals surface area contributed by atoms with Crippen LogP contribution in [0.1, 0.15) is 38.9 Å². The molecule has 132 valence electrons. The van der Waals surface area contributed by atoms with Crippen molar-refractivity contribution in [2.75, 3.05) is 11.1 Å². The van der Waals surface area contributed by atoms with E-state index in [1.54, 1.807) is 24.3 Å². The minimum absolute atomic E-state index is 0.0254. The van der Waals surface area contributed by atoms with Crippen molar-refractivity contribution in [3.05, 3.63) is 64.8 Å². The summed E-state index contributed by atoms with van der Waals surface area (Å²) >= 11 is 0. The van der Waals surface area contributed by atoms with Crippen molar-refractivity contribution in [1.82, 2.24) is 15.0 Å². The standard InChI is InChI=1S/C19H19N5O2/c1-11-7-12(2)9-16(8-11)24-18(20)17(22-23-24)19(26)21-15-6-4-5-14(10-15)13(3)25/h4-10H,20H2,1-3H3,(H,21,26). The summed E-state index contributed by atoms with van der Waals surface area (Å²) in [5, 5.41) is 10.6. The van der Waals surface area contributed by atoms with E-state index in [1.165, 1.54) is 11.6 Å². The Balaban J connectivity index is 1.88. The molecule has 0 atom stereocenters.